The van der Waals surface area contributed by atoms with Crippen LogP contribution in [0.5, 0.6) is 0 Å². The number of hydrogen-bond acceptors (Lipinski definition) is 3. The van der Waals surface area contributed by atoms with E-state index in [1.807, 2.05) is 6.92 Å². The first-order valence-electron chi connectivity index (χ1n) is 6.74. The van der Waals surface area contributed by atoms with Gasteiger partial charge in [0.05, 0.1) is 4.90 Å². The molecule has 0 heterocycles. The minimum absolute atomic E-state index is 0.253. The molecule has 0 saturated heterocycles. The van der Waals surface area contributed by atoms with Gasteiger partial charge in [-0.25, -0.2) is 0 Å². The smallest absolute Gasteiger partial charge is 0.255 e. The van der Waals surface area contributed by atoms with Gasteiger partial charge in [0.1, 0.15) is 5.60 Å². The summed E-state index contributed by atoms with van der Waals surface area (Å²) in [5, 5.41) is 0. The number of benzene rings is 1. The fraction of sp³-hybridized carbons (Fsp3) is 0.467. The molecule has 0 amide bonds. The van der Waals surface area contributed by atoms with E-state index in [0.29, 0.717) is 0 Å². The fourth-order valence-electron chi connectivity index (χ4n) is 2.62. The van der Waals surface area contributed by atoms with E-state index in [4.69, 9.17) is 4.18 Å². The van der Waals surface area contributed by atoms with Crippen molar-refractivity contribution in [2.75, 3.05) is 0 Å². The molecule has 4 heteroatoms. The van der Waals surface area contributed by atoms with Gasteiger partial charge in [-0.2, -0.15) is 8.42 Å². The van der Waals surface area contributed by atoms with Crippen molar-refractivity contribution in [3.05, 3.63) is 41.5 Å². The van der Waals surface area contributed by atoms with Crippen LogP contribution in [0.4, 0.5) is 0 Å². The second kappa shape index (κ2) is 4.46. The molecule has 3 rings (SSSR count). The maximum Gasteiger partial charge on any atom is 0.297 e. The monoisotopic (exact) mass is 278 g/mol. The molecular weight excluding hydrogens is 260 g/mol. The van der Waals surface area contributed by atoms with Crippen molar-refractivity contribution in [1.29, 1.82) is 0 Å². The van der Waals surface area contributed by atoms with E-state index >= 15 is 0 Å². The van der Waals surface area contributed by atoms with Crippen LogP contribution in [0.2, 0.25) is 0 Å². The summed E-state index contributed by atoms with van der Waals surface area (Å²) in [4.78, 5) is 0.253. The van der Waals surface area contributed by atoms with Crippen LogP contribution in [0.1, 0.15) is 37.7 Å². The second-order valence-electron chi connectivity index (χ2n) is 5.47. The Morgan fingerprint density at radius 3 is 2.37 bits per heavy atom. The van der Waals surface area contributed by atoms with E-state index in [2.05, 4.69) is 6.08 Å². The van der Waals surface area contributed by atoms with Crippen LogP contribution in [0.15, 0.2) is 40.8 Å². The molecule has 0 aromatic heterocycles. The number of allylic oxidation sites excluding steroid dienone is 1. The molecule has 0 N–H and O–H groups in total. The zero-order valence-corrected chi connectivity index (χ0v) is 11.9. The molecule has 1 aromatic rings. The first kappa shape index (κ1) is 12.9. The lowest BCUT2D eigenvalue weighted by Crippen LogP contribution is -2.21. The SMILES string of the molecule is Cc1ccc(S(=O)(=O)OC2(C3=CCCC3)CC2)cc1. The van der Waals surface area contributed by atoms with Gasteiger partial charge < -0.3 is 0 Å². The number of hydrogen-bond donors (Lipinski definition) is 0. The Hall–Kier alpha value is -1.13. The molecule has 3 nitrogen and oxygen atoms in total. The summed E-state index contributed by atoms with van der Waals surface area (Å²) in [5.74, 6) is 0. The number of rotatable bonds is 4. The Kier molecular flexibility index (Phi) is 3.02. The second-order valence-corrected chi connectivity index (χ2v) is 7.01. The van der Waals surface area contributed by atoms with Gasteiger partial charge in [0.2, 0.25) is 0 Å². The molecular formula is C15H18O3S. The van der Waals surface area contributed by atoms with Crippen molar-refractivity contribution in [2.45, 2.75) is 49.5 Å². The van der Waals surface area contributed by atoms with Gasteiger partial charge in [-0.05, 0) is 56.7 Å². The standard InChI is InChI=1S/C15H18O3S/c1-12-6-8-14(9-7-12)19(16,17)18-15(10-11-15)13-4-2-3-5-13/h4,6-9H,2-3,5,10-11H2,1H3. The Morgan fingerprint density at radius 2 is 1.84 bits per heavy atom. The fourth-order valence-corrected chi connectivity index (χ4v) is 3.88. The molecule has 0 bridgehead atoms. The normalized spacial score (nSPS) is 21.2. The summed E-state index contributed by atoms with van der Waals surface area (Å²) >= 11 is 0. The van der Waals surface area contributed by atoms with E-state index < -0.39 is 15.7 Å². The molecule has 0 spiro atoms. The van der Waals surface area contributed by atoms with Crippen LogP contribution in [0, 0.1) is 6.92 Å². The summed E-state index contributed by atoms with van der Waals surface area (Å²) in [7, 11) is -3.65. The first-order valence-corrected chi connectivity index (χ1v) is 8.15. The van der Waals surface area contributed by atoms with Crippen LogP contribution in [-0.2, 0) is 14.3 Å². The number of aryl methyl sites for hydroxylation is 1. The predicted molar refractivity (Wildman–Crippen MR) is 73.3 cm³/mol. The average molecular weight is 278 g/mol. The van der Waals surface area contributed by atoms with Gasteiger partial charge in [-0.1, -0.05) is 23.8 Å². The van der Waals surface area contributed by atoms with Crippen molar-refractivity contribution in [3.8, 4) is 0 Å². The van der Waals surface area contributed by atoms with Gasteiger partial charge in [-0.3, -0.25) is 4.18 Å². The molecule has 0 unspecified atom stereocenters. The molecule has 2 aliphatic rings. The molecule has 19 heavy (non-hydrogen) atoms. The predicted octanol–water partition coefficient (Wildman–Crippen LogP) is 3.34. The third-order valence-corrected chi connectivity index (χ3v) is 5.30. The molecule has 102 valence electrons. The minimum Gasteiger partial charge on any atom is -0.255 e. The minimum atomic E-state index is -3.65. The highest BCUT2D eigenvalue weighted by Gasteiger charge is 2.51. The maximum absolute atomic E-state index is 12.3. The highest BCUT2D eigenvalue weighted by atomic mass is 32.2. The van der Waals surface area contributed by atoms with Crippen molar-refractivity contribution < 1.29 is 12.6 Å². The maximum atomic E-state index is 12.3. The quantitative estimate of drug-likeness (QED) is 0.626. The van der Waals surface area contributed by atoms with E-state index in [1.54, 1.807) is 24.3 Å². The molecule has 1 fully saturated rings. The summed E-state index contributed by atoms with van der Waals surface area (Å²) in [6, 6.07) is 6.82. The summed E-state index contributed by atoms with van der Waals surface area (Å²) in [6.07, 6.45) is 6.94. The van der Waals surface area contributed by atoms with E-state index in [1.165, 1.54) is 5.57 Å². The molecule has 0 atom stereocenters. The Labute approximate surface area is 114 Å². The third kappa shape index (κ3) is 2.47. The largest absolute Gasteiger partial charge is 0.297 e. The van der Waals surface area contributed by atoms with Crippen molar-refractivity contribution in [1.82, 2.24) is 0 Å². The molecule has 2 aliphatic carbocycles. The van der Waals surface area contributed by atoms with Crippen molar-refractivity contribution >= 4 is 10.1 Å². The van der Waals surface area contributed by atoms with Crippen LogP contribution in [0.25, 0.3) is 0 Å². The van der Waals surface area contributed by atoms with Gasteiger partial charge in [-0.15, -0.1) is 0 Å². The Morgan fingerprint density at radius 1 is 1.16 bits per heavy atom. The molecule has 1 aromatic carbocycles. The molecule has 1 saturated carbocycles. The van der Waals surface area contributed by atoms with E-state index in [9.17, 15) is 8.42 Å². The van der Waals surface area contributed by atoms with E-state index in [-0.39, 0.29) is 4.90 Å². The van der Waals surface area contributed by atoms with Gasteiger partial charge in [0, 0.05) is 0 Å². The van der Waals surface area contributed by atoms with Crippen LogP contribution in [0.3, 0.4) is 0 Å². The lowest BCUT2D eigenvalue weighted by Gasteiger charge is -2.17. The van der Waals surface area contributed by atoms with Crippen LogP contribution in [-0.4, -0.2) is 14.0 Å². The lowest BCUT2D eigenvalue weighted by atomic mass is 10.1. The summed E-state index contributed by atoms with van der Waals surface area (Å²) < 4.78 is 30.2. The zero-order chi connectivity index (χ0) is 13.5. The Balaban J connectivity index is 1.84. The van der Waals surface area contributed by atoms with Gasteiger partial charge in [0.15, 0.2) is 0 Å². The van der Waals surface area contributed by atoms with E-state index in [0.717, 1.165) is 37.7 Å². The zero-order valence-electron chi connectivity index (χ0n) is 11.1. The average Bonchev–Trinajstić information content (AvgIpc) is 2.93. The van der Waals surface area contributed by atoms with Gasteiger partial charge in [0.25, 0.3) is 10.1 Å². The summed E-state index contributed by atoms with van der Waals surface area (Å²) in [5.41, 5.74) is 1.71. The molecule has 0 aliphatic heterocycles. The van der Waals surface area contributed by atoms with Crippen LogP contribution < -0.4 is 0 Å². The van der Waals surface area contributed by atoms with Gasteiger partial charge >= 0.3 is 0 Å². The highest BCUT2D eigenvalue weighted by Crippen LogP contribution is 2.51. The lowest BCUT2D eigenvalue weighted by molar-refractivity contribution is 0.221. The highest BCUT2D eigenvalue weighted by molar-refractivity contribution is 7.86. The topological polar surface area (TPSA) is 43.4 Å². The third-order valence-electron chi connectivity index (χ3n) is 3.91. The first-order chi connectivity index (χ1) is 9.02. The van der Waals surface area contributed by atoms with Crippen molar-refractivity contribution in [3.63, 3.8) is 0 Å². The summed E-state index contributed by atoms with van der Waals surface area (Å²) in [6.45, 7) is 1.93. The Bertz CT molecular complexity index is 607. The van der Waals surface area contributed by atoms with Crippen LogP contribution >= 0.6 is 0 Å². The van der Waals surface area contributed by atoms with Crippen molar-refractivity contribution in [2.24, 2.45) is 0 Å². The molecule has 0 radical (unpaired) electrons.